The van der Waals surface area contributed by atoms with Crippen LogP contribution in [0.1, 0.15) is 26.5 Å². The summed E-state index contributed by atoms with van der Waals surface area (Å²) in [5.74, 6) is 0.723. The summed E-state index contributed by atoms with van der Waals surface area (Å²) in [6.45, 7) is 1.79. The van der Waals surface area contributed by atoms with E-state index in [0.717, 1.165) is 10.4 Å². The molecule has 4 aromatic rings. The van der Waals surface area contributed by atoms with Crippen LogP contribution in [-0.2, 0) is 6.42 Å². The third kappa shape index (κ3) is 4.40. The van der Waals surface area contributed by atoms with Crippen molar-refractivity contribution in [1.82, 2.24) is 15.0 Å². The molecular weight excluding hydrogens is 440 g/mol. The molecule has 0 saturated heterocycles. The summed E-state index contributed by atoms with van der Waals surface area (Å²) in [7, 11) is 0. The van der Waals surface area contributed by atoms with Gasteiger partial charge in [-0.2, -0.15) is 0 Å². The molecule has 3 aromatic heterocycles. The van der Waals surface area contributed by atoms with E-state index in [1.807, 2.05) is 30.5 Å². The number of aromatic nitrogens is 3. The molecular formula is C21H17ClN4O2S2. The van der Waals surface area contributed by atoms with Crippen LogP contribution in [0.4, 0.5) is 5.13 Å². The Morgan fingerprint density at radius 2 is 2.07 bits per heavy atom. The Balaban J connectivity index is 1.54. The number of nitrogens with one attached hydrogen (secondary N) is 1. The molecule has 9 heteroatoms. The Hall–Kier alpha value is -2.68. The van der Waals surface area contributed by atoms with Crippen molar-refractivity contribution in [3.05, 3.63) is 75.6 Å². The Labute approximate surface area is 186 Å². The van der Waals surface area contributed by atoms with Crippen molar-refractivity contribution in [3.8, 4) is 11.6 Å². The highest BCUT2D eigenvalue weighted by Crippen LogP contribution is 2.28. The fourth-order valence-electron chi connectivity index (χ4n) is 2.91. The van der Waals surface area contributed by atoms with E-state index in [0.29, 0.717) is 44.4 Å². The van der Waals surface area contributed by atoms with Crippen LogP contribution in [0.15, 0.2) is 58.3 Å². The van der Waals surface area contributed by atoms with Gasteiger partial charge in [0.15, 0.2) is 16.7 Å². The van der Waals surface area contributed by atoms with Crippen molar-refractivity contribution in [2.75, 3.05) is 11.6 Å². The first-order valence-electron chi connectivity index (χ1n) is 9.01. The van der Waals surface area contributed by atoms with Crippen LogP contribution >= 0.6 is 34.7 Å². The summed E-state index contributed by atoms with van der Waals surface area (Å²) in [5.41, 5.74) is 2.02. The quantitative estimate of drug-likeness (QED) is 0.295. The van der Waals surface area contributed by atoms with Gasteiger partial charge in [-0.3, -0.25) is 10.1 Å². The Bertz CT molecular complexity index is 1190. The number of nitrogens with zero attached hydrogens (tertiary/aromatic N) is 3. The number of anilines is 1. The van der Waals surface area contributed by atoms with E-state index in [1.165, 1.54) is 23.1 Å². The van der Waals surface area contributed by atoms with Crippen molar-refractivity contribution >= 4 is 45.7 Å². The van der Waals surface area contributed by atoms with Crippen LogP contribution in [-0.4, -0.2) is 27.1 Å². The van der Waals surface area contributed by atoms with Crippen LogP contribution in [0.25, 0.3) is 11.6 Å². The average Bonchev–Trinajstić information content (AvgIpc) is 3.41. The van der Waals surface area contributed by atoms with E-state index in [9.17, 15) is 4.79 Å². The number of hydrogen-bond acceptors (Lipinski definition) is 7. The van der Waals surface area contributed by atoms with E-state index in [4.69, 9.17) is 16.0 Å². The molecule has 1 N–H and O–H groups in total. The minimum Gasteiger partial charge on any atom is -0.461 e. The van der Waals surface area contributed by atoms with Crippen LogP contribution in [0.5, 0.6) is 0 Å². The molecule has 0 spiro atoms. The van der Waals surface area contributed by atoms with Crippen LogP contribution in [0.2, 0.25) is 5.02 Å². The SMILES string of the molecule is CSc1nc(-c2ccco2)nc(C)c1C(=O)Nc1ncc(Cc2ccccc2Cl)s1. The van der Waals surface area contributed by atoms with Crippen molar-refractivity contribution in [3.63, 3.8) is 0 Å². The van der Waals surface area contributed by atoms with Gasteiger partial charge in [-0.15, -0.1) is 23.1 Å². The van der Waals surface area contributed by atoms with Crippen molar-refractivity contribution in [2.45, 2.75) is 18.4 Å². The third-order valence-electron chi connectivity index (χ3n) is 4.32. The number of rotatable bonds is 6. The summed E-state index contributed by atoms with van der Waals surface area (Å²) >= 11 is 9.04. The lowest BCUT2D eigenvalue weighted by molar-refractivity contribution is 0.102. The molecule has 1 amide bonds. The van der Waals surface area contributed by atoms with Crippen molar-refractivity contribution in [2.24, 2.45) is 0 Å². The number of carbonyl (C=O) groups is 1. The molecule has 0 fully saturated rings. The lowest BCUT2D eigenvalue weighted by atomic mass is 10.1. The van der Waals surface area contributed by atoms with Crippen LogP contribution in [0, 0.1) is 6.92 Å². The Kier molecular flexibility index (Phi) is 6.17. The second-order valence-corrected chi connectivity index (χ2v) is 8.67. The second-order valence-electron chi connectivity index (χ2n) is 6.35. The summed E-state index contributed by atoms with van der Waals surface area (Å²) in [5, 5.41) is 4.68. The molecule has 0 atom stereocenters. The van der Waals surface area contributed by atoms with Gasteiger partial charge in [0.25, 0.3) is 5.91 Å². The zero-order valence-corrected chi connectivity index (χ0v) is 18.6. The summed E-state index contributed by atoms with van der Waals surface area (Å²) in [4.78, 5) is 27.2. The highest BCUT2D eigenvalue weighted by molar-refractivity contribution is 7.98. The normalized spacial score (nSPS) is 10.9. The Morgan fingerprint density at radius 3 is 2.80 bits per heavy atom. The molecule has 0 bridgehead atoms. The number of amides is 1. The van der Waals surface area contributed by atoms with E-state index in [-0.39, 0.29) is 5.91 Å². The minimum absolute atomic E-state index is 0.290. The molecule has 0 radical (unpaired) electrons. The standard InChI is InChI=1S/C21H17ClN4O2S2/c1-12-17(20(29-2)25-18(24-12)16-8-5-9-28-16)19(27)26-21-23-11-14(30-21)10-13-6-3-4-7-15(13)22/h3-9,11H,10H2,1-2H3,(H,23,26,27). The molecule has 1 aromatic carbocycles. The maximum absolute atomic E-state index is 13.0. The van der Waals surface area contributed by atoms with E-state index in [2.05, 4.69) is 20.3 Å². The molecule has 3 heterocycles. The van der Waals surface area contributed by atoms with Gasteiger partial charge in [-0.1, -0.05) is 29.8 Å². The summed E-state index contributed by atoms with van der Waals surface area (Å²) < 4.78 is 5.38. The fourth-order valence-corrected chi connectivity index (χ4v) is 4.56. The first kappa shape index (κ1) is 20.6. The van der Waals surface area contributed by atoms with Gasteiger partial charge in [-0.25, -0.2) is 15.0 Å². The Morgan fingerprint density at radius 1 is 1.23 bits per heavy atom. The molecule has 0 unspecified atom stereocenters. The van der Waals surface area contributed by atoms with E-state index < -0.39 is 0 Å². The predicted octanol–water partition coefficient (Wildman–Crippen LogP) is 5.72. The topological polar surface area (TPSA) is 80.9 Å². The number of benzene rings is 1. The summed E-state index contributed by atoms with van der Waals surface area (Å²) in [6.07, 6.45) is 5.84. The molecule has 0 aliphatic heterocycles. The lowest BCUT2D eigenvalue weighted by Gasteiger charge is -2.10. The number of thiazole rings is 1. The van der Waals surface area contributed by atoms with Crippen molar-refractivity contribution < 1.29 is 9.21 Å². The van der Waals surface area contributed by atoms with Gasteiger partial charge < -0.3 is 4.42 Å². The molecule has 6 nitrogen and oxygen atoms in total. The molecule has 4 rings (SSSR count). The average molecular weight is 457 g/mol. The monoisotopic (exact) mass is 456 g/mol. The first-order valence-corrected chi connectivity index (χ1v) is 11.4. The third-order valence-corrected chi connectivity index (χ3v) is 6.28. The zero-order valence-electron chi connectivity index (χ0n) is 16.2. The maximum atomic E-state index is 13.0. The van der Waals surface area contributed by atoms with E-state index >= 15 is 0 Å². The number of thioether (sulfide) groups is 1. The lowest BCUT2D eigenvalue weighted by Crippen LogP contribution is -2.16. The van der Waals surface area contributed by atoms with Gasteiger partial charge >= 0.3 is 0 Å². The highest BCUT2D eigenvalue weighted by atomic mass is 35.5. The summed E-state index contributed by atoms with van der Waals surface area (Å²) in [6, 6.07) is 11.2. The van der Waals surface area contributed by atoms with Gasteiger partial charge in [0, 0.05) is 22.5 Å². The predicted molar refractivity (Wildman–Crippen MR) is 121 cm³/mol. The molecule has 30 heavy (non-hydrogen) atoms. The van der Waals surface area contributed by atoms with Crippen molar-refractivity contribution in [1.29, 1.82) is 0 Å². The second kappa shape index (κ2) is 8.99. The molecule has 0 saturated carbocycles. The van der Waals surface area contributed by atoms with Gasteiger partial charge in [0.2, 0.25) is 0 Å². The maximum Gasteiger partial charge on any atom is 0.262 e. The number of carbonyl (C=O) groups excluding carboxylic acids is 1. The van der Waals surface area contributed by atoms with Gasteiger partial charge in [0.05, 0.1) is 17.5 Å². The zero-order chi connectivity index (χ0) is 21.1. The number of halogens is 1. The number of furan rings is 1. The minimum atomic E-state index is -0.290. The van der Waals surface area contributed by atoms with Crippen LogP contribution in [0.3, 0.4) is 0 Å². The largest absolute Gasteiger partial charge is 0.461 e. The van der Waals surface area contributed by atoms with Crippen LogP contribution < -0.4 is 5.32 Å². The highest BCUT2D eigenvalue weighted by Gasteiger charge is 2.21. The molecule has 152 valence electrons. The smallest absolute Gasteiger partial charge is 0.262 e. The van der Waals surface area contributed by atoms with Gasteiger partial charge in [-0.05, 0) is 36.9 Å². The fraction of sp³-hybridized carbons (Fsp3) is 0.143. The molecule has 0 aliphatic rings. The first-order chi connectivity index (χ1) is 14.5. The van der Waals surface area contributed by atoms with E-state index in [1.54, 1.807) is 31.5 Å². The number of hydrogen-bond donors (Lipinski definition) is 1. The van der Waals surface area contributed by atoms with Gasteiger partial charge in [0.1, 0.15) is 5.03 Å². The molecule has 0 aliphatic carbocycles. The number of aryl methyl sites for hydroxylation is 1.